The third-order valence-corrected chi connectivity index (χ3v) is 3.29. The molecule has 0 fully saturated rings. The van der Waals surface area contributed by atoms with Gasteiger partial charge in [-0.05, 0) is 13.0 Å². The standard InChI is InChI=1S/C7H8ClNO3S/c1-5-6(13(8,11)12)3-4-7(10)9(5)2/h3-4H,1-2H3. The van der Waals surface area contributed by atoms with Gasteiger partial charge >= 0.3 is 0 Å². The monoisotopic (exact) mass is 221 g/mol. The van der Waals surface area contributed by atoms with Crippen LogP contribution in [0.4, 0.5) is 0 Å². The maximum Gasteiger partial charge on any atom is 0.263 e. The van der Waals surface area contributed by atoms with Gasteiger partial charge in [-0.1, -0.05) is 0 Å². The number of hydrogen-bond donors (Lipinski definition) is 0. The summed E-state index contributed by atoms with van der Waals surface area (Å²) in [4.78, 5) is 11.0. The van der Waals surface area contributed by atoms with Gasteiger partial charge in [-0.25, -0.2) is 8.42 Å². The van der Waals surface area contributed by atoms with Crippen molar-refractivity contribution in [1.82, 2.24) is 4.57 Å². The van der Waals surface area contributed by atoms with Crippen LogP contribution in [0.15, 0.2) is 21.8 Å². The van der Waals surface area contributed by atoms with Gasteiger partial charge in [-0.15, -0.1) is 0 Å². The van der Waals surface area contributed by atoms with Gasteiger partial charge < -0.3 is 4.57 Å². The Morgan fingerprint density at radius 2 is 1.92 bits per heavy atom. The Morgan fingerprint density at radius 3 is 2.38 bits per heavy atom. The molecule has 72 valence electrons. The van der Waals surface area contributed by atoms with Crippen LogP contribution in [0.2, 0.25) is 0 Å². The summed E-state index contributed by atoms with van der Waals surface area (Å²) >= 11 is 0. The van der Waals surface area contributed by atoms with Crippen LogP contribution in [0.25, 0.3) is 0 Å². The molecule has 1 aromatic rings. The smallest absolute Gasteiger partial charge is 0.263 e. The second kappa shape index (κ2) is 3.16. The minimum absolute atomic E-state index is 0.0312. The summed E-state index contributed by atoms with van der Waals surface area (Å²) < 4.78 is 23.2. The van der Waals surface area contributed by atoms with Crippen molar-refractivity contribution in [1.29, 1.82) is 0 Å². The summed E-state index contributed by atoms with van der Waals surface area (Å²) in [5, 5.41) is 0. The van der Waals surface area contributed by atoms with Crippen molar-refractivity contribution in [2.24, 2.45) is 7.05 Å². The van der Waals surface area contributed by atoms with Gasteiger partial charge in [0.1, 0.15) is 4.90 Å². The molecule has 0 bridgehead atoms. The number of aromatic nitrogens is 1. The molecule has 0 aliphatic carbocycles. The lowest BCUT2D eigenvalue weighted by molar-refractivity contribution is 0.606. The van der Waals surface area contributed by atoms with Crippen molar-refractivity contribution in [3.05, 3.63) is 28.2 Å². The molecule has 0 unspecified atom stereocenters. The Kier molecular flexibility index (Phi) is 2.49. The Balaban J connectivity index is 3.63. The molecule has 1 aromatic heterocycles. The zero-order valence-corrected chi connectivity index (χ0v) is 8.69. The summed E-state index contributed by atoms with van der Waals surface area (Å²) in [5.74, 6) is 0. The van der Waals surface area contributed by atoms with Crippen LogP contribution in [-0.4, -0.2) is 13.0 Å². The Morgan fingerprint density at radius 1 is 1.38 bits per heavy atom. The van der Waals surface area contributed by atoms with E-state index < -0.39 is 9.05 Å². The van der Waals surface area contributed by atoms with Crippen molar-refractivity contribution < 1.29 is 8.42 Å². The topological polar surface area (TPSA) is 56.1 Å². The van der Waals surface area contributed by atoms with Crippen molar-refractivity contribution in [3.63, 3.8) is 0 Å². The van der Waals surface area contributed by atoms with Crippen molar-refractivity contribution in [2.45, 2.75) is 11.8 Å². The van der Waals surface area contributed by atoms with Crippen molar-refractivity contribution in [2.75, 3.05) is 0 Å². The van der Waals surface area contributed by atoms with Gasteiger partial charge in [0.25, 0.3) is 14.6 Å². The van der Waals surface area contributed by atoms with E-state index in [4.69, 9.17) is 10.7 Å². The van der Waals surface area contributed by atoms with Crippen LogP contribution in [0.1, 0.15) is 5.69 Å². The van der Waals surface area contributed by atoms with E-state index in [0.717, 1.165) is 0 Å². The third-order valence-electron chi connectivity index (χ3n) is 1.83. The minimum atomic E-state index is -3.76. The van der Waals surface area contributed by atoms with Gasteiger partial charge in [-0.2, -0.15) is 0 Å². The number of pyridine rings is 1. The fourth-order valence-corrected chi connectivity index (χ4v) is 2.18. The van der Waals surface area contributed by atoms with Crippen LogP contribution in [0.5, 0.6) is 0 Å². The molecule has 0 aliphatic rings. The predicted octanol–water partition coefficient (Wildman–Crippen LogP) is 0.621. The predicted molar refractivity (Wildman–Crippen MR) is 49.5 cm³/mol. The highest BCUT2D eigenvalue weighted by Gasteiger charge is 2.14. The highest BCUT2D eigenvalue weighted by Crippen LogP contribution is 2.16. The van der Waals surface area contributed by atoms with Crippen LogP contribution >= 0.6 is 10.7 Å². The number of halogens is 1. The van der Waals surface area contributed by atoms with E-state index in [0.29, 0.717) is 5.69 Å². The normalized spacial score (nSPS) is 11.6. The molecular weight excluding hydrogens is 214 g/mol. The molecule has 0 radical (unpaired) electrons. The molecule has 13 heavy (non-hydrogen) atoms. The van der Waals surface area contributed by atoms with Gasteiger partial charge in [0.15, 0.2) is 0 Å². The van der Waals surface area contributed by atoms with Gasteiger partial charge in [0, 0.05) is 29.5 Å². The van der Waals surface area contributed by atoms with Crippen LogP contribution in [-0.2, 0) is 16.1 Å². The summed E-state index contributed by atoms with van der Waals surface area (Å²) in [5.41, 5.74) is 0.0732. The zero-order valence-electron chi connectivity index (χ0n) is 7.11. The zero-order chi connectivity index (χ0) is 10.2. The summed E-state index contributed by atoms with van der Waals surface area (Å²) in [6, 6.07) is 2.38. The molecule has 0 amide bonds. The fourth-order valence-electron chi connectivity index (χ4n) is 0.968. The van der Waals surface area contributed by atoms with Gasteiger partial charge in [-0.3, -0.25) is 4.79 Å². The number of nitrogens with zero attached hydrogens (tertiary/aromatic N) is 1. The molecule has 1 rings (SSSR count). The lowest BCUT2D eigenvalue weighted by Gasteiger charge is -2.05. The first-order valence-corrected chi connectivity index (χ1v) is 5.76. The van der Waals surface area contributed by atoms with Crippen molar-refractivity contribution >= 4 is 19.7 Å². The average Bonchev–Trinajstić information content (AvgIpc) is 1.98. The summed E-state index contributed by atoms with van der Waals surface area (Å²) in [7, 11) is 2.87. The van der Waals surface area contributed by atoms with Gasteiger partial charge in [0.2, 0.25) is 0 Å². The largest absolute Gasteiger partial charge is 0.315 e. The molecule has 4 nitrogen and oxygen atoms in total. The van der Waals surface area contributed by atoms with E-state index in [1.165, 1.54) is 30.7 Å². The van der Waals surface area contributed by atoms with Crippen molar-refractivity contribution in [3.8, 4) is 0 Å². The Hall–Kier alpha value is -0.810. The molecule has 0 spiro atoms. The first-order chi connectivity index (χ1) is 5.84. The summed E-state index contributed by atoms with van der Waals surface area (Å²) in [6.45, 7) is 1.52. The molecule has 0 aromatic carbocycles. The van der Waals surface area contributed by atoms with E-state index in [2.05, 4.69) is 0 Å². The SMILES string of the molecule is Cc1c(S(=O)(=O)Cl)ccc(=O)n1C. The first-order valence-electron chi connectivity index (χ1n) is 3.45. The highest BCUT2D eigenvalue weighted by molar-refractivity contribution is 8.13. The molecule has 0 N–H and O–H groups in total. The maximum atomic E-state index is 11.0. The van der Waals surface area contributed by atoms with Crippen LogP contribution in [0.3, 0.4) is 0 Å². The first kappa shape index (κ1) is 10.3. The number of rotatable bonds is 1. The van der Waals surface area contributed by atoms with E-state index >= 15 is 0 Å². The quantitative estimate of drug-likeness (QED) is 0.654. The molecule has 0 aliphatic heterocycles. The molecule has 0 atom stereocenters. The van der Waals surface area contributed by atoms with E-state index in [1.54, 1.807) is 0 Å². The van der Waals surface area contributed by atoms with Crippen LogP contribution < -0.4 is 5.56 Å². The summed E-state index contributed by atoms with van der Waals surface area (Å²) in [6.07, 6.45) is 0. The second-order valence-electron chi connectivity index (χ2n) is 2.62. The molecule has 6 heteroatoms. The maximum absolute atomic E-state index is 11.0. The number of hydrogen-bond acceptors (Lipinski definition) is 3. The Labute approximate surface area is 80.2 Å². The van der Waals surface area contributed by atoms with Gasteiger partial charge in [0.05, 0.1) is 0 Å². The molecule has 0 saturated carbocycles. The van der Waals surface area contributed by atoms with E-state index in [1.807, 2.05) is 0 Å². The Bertz CT molecular complexity index is 489. The average molecular weight is 222 g/mol. The van der Waals surface area contributed by atoms with E-state index in [9.17, 15) is 13.2 Å². The van der Waals surface area contributed by atoms with Crippen LogP contribution in [0, 0.1) is 6.92 Å². The van der Waals surface area contributed by atoms with E-state index in [-0.39, 0.29) is 10.5 Å². The minimum Gasteiger partial charge on any atom is -0.315 e. The molecule has 0 saturated heterocycles. The second-order valence-corrected chi connectivity index (χ2v) is 5.15. The molecule has 1 heterocycles. The molecular formula is C7H8ClNO3S. The third kappa shape index (κ3) is 1.92. The fraction of sp³-hybridized carbons (Fsp3) is 0.286. The lowest BCUT2D eigenvalue weighted by atomic mass is 10.4. The highest BCUT2D eigenvalue weighted by atomic mass is 35.7. The lowest BCUT2D eigenvalue weighted by Crippen LogP contribution is -2.19.